The number of nitrogens with two attached hydrogens (primary N) is 1. The number of carbonyl (C=O) groups excluding carboxylic acids is 2. The molecular formula is C11H20N2O4. The van der Waals surface area contributed by atoms with Gasteiger partial charge in [-0.05, 0) is 20.8 Å². The largest absolute Gasteiger partial charge is 0.469 e. The second kappa shape index (κ2) is 4.91. The first kappa shape index (κ1) is 13.8. The molecule has 0 saturated carbocycles. The predicted molar refractivity (Wildman–Crippen MR) is 61.3 cm³/mol. The van der Waals surface area contributed by atoms with Gasteiger partial charge in [0.25, 0.3) is 0 Å². The maximum Gasteiger partial charge on any atom is 0.410 e. The molecule has 2 atom stereocenters. The number of ether oxygens (including phenoxy) is 2. The van der Waals surface area contributed by atoms with E-state index in [1.165, 1.54) is 12.0 Å². The third-order valence-electron chi connectivity index (χ3n) is 2.52. The van der Waals surface area contributed by atoms with Crippen molar-refractivity contribution < 1.29 is 19.1 Å². The zero-order valence-electron chi connectivity index (χ0n) is 10.7. The molecule has 0 aromatic carbocycles. The molecular weight excluding hydrogens is 224 g/mol. The molecule has 6 heteroatoms. The fourth-order valence-electron chi connectivity index (χ4n) is 1.71. The van der Waals surface area contributed by atoms with Gasteiger partial charge in [-0.1, -0.05) is 0 Å². The quantitative estimate of drug-likeness (QED) is 0.673. The molecule has 0 radical (unpaired) electrons. The SMILES string of the molecule is COC(=O)C1CN(C(=O)OC(C)(C)C)C[C@H]1N. The van der Waals surface area contributed by atoms with Crippen molar-refractivity contribution in [3.63, 3.8) is 0 Å². The second-order valence-corrected chi connectivity index (χ2v) is 5.18. The lowest BCUT2D eigenvalue weighted by molar-refractivity contribution is -0.145. The van der Waals surface area contributed by atoms with Crippen LogP contribution in [0, 0.1) is 5.92 Å². The van der Waals surface area contributed by atoms with Gasteiger partial charge in [-0.15, -0.1) is 0 Å². The summed E-state index contributed by atoms with van der Waals surface area (Å²) in [6.45, 7) is 5.94. The maximum absolute atomic E-state index is 11.8. The summed E-state index contributed by atoms with van der Waals surface area (Å²) < 4.78 is 9.85. The van der Waals surface area contributed by atoms with Crippen LogP contribution in [0.1, 0.15) is 20.8 Å². The topological polar surface area (TPSA) is 81.9 Å². The minimum atomic E-state index is -0.551. The molecule has 1 aliphatic heterocycles. The summed E-state index contributed by atoms with van der Waals surface area (Å²) in [5, 5.41) is 0. The summed E-state index contributed by atoms with van der Waals surface area (Å²) in [7, 11) is 1.31. The van der Waals surface area contributed by atoms with Crippen molar-refractivity contribution in [3.8, 4) is 0 Å². The Morgan fingerprint density at radius 2 is 1.88 bits per heavy atom. The number of amides is 1. The van der Waals surface area contributed by atoms with E-state index in [1.54, 1.807) is 20.8 Å². The van der Waals surface area contributed by atoms with Gasteiger partial charge < -0.3 is 20.1 Å². The van der Waals surface area contributed by atoms with E-state index in [2.05, 4.69) is 4.74 Å². The molecule has 0 spiro atoms. The van der Waals surface area contributed by atoms with E-state index in [1.807, 2.05) is 0 Å². The Morgan fingerprint density at radius 3 is 2.35 bits per heavy atom. The van der Waals surface area contributed by atoms with Crippen molar-refractivity contribution >= 4 is 12.1 Å². The summed E-state index contributed by atoms with van der Waals surface area (Å²) >= 11 is 0. The summed E-state index contributed by atoms with van der Waals surface area (Å²) in [6.07, 6.45) is -0.445. The van der Waals surface area contributed by atoms with Gasteiger partial charge in [0.2, 0.25) is 0 Å². The number of nitrogens with zero attached hydrogens (tertiary/aromatic N) is 1. The van der Waals surface area contributed by atoms with Crippen molar-refractivity contribution in [2.75, 3.05) is 20.2 Å². The molecule has 1 heterocycles. The van der Waals surface area contributed by atoms with Gasteiger partial charge in [0.15, 0.2) is 0 Å². The van der Waals surface area contributed by atoms with Gasteiger partial charge in [0.1, 0.15) is 5.60 Å². The summed E-state index contributed by atoms with van der Waals surface area (Å²) in [5.41, 5.74) is 5.25. The van der Waals surface area contributed by atoms with E-state index < -0.39 is 23.7 Å². The van der Waals surface area contributed by atoms with Crippen LogP contribution in [-0.2, 0) is 14.3 Å². The van der Waals surface area contributed by atoms with E-state index in [9.17, 15) is 9.59 Å². The van der Waals surface area contributed by atoms with Crippen molar-refractivity contribution in [1.82, 2.24) is 4.90 Å². The Morgan fingerprint density at radius 1 is 1.29 bits per heavy atom. The molecule has 1 aliphatic rings. The Labute approximate surface area is 101 Å². The lowest BCUT2D eigenvalue weighted by Gasteiger charge is -2.24. The average Bonchev–Trinajstić information content (AvgIpc) is 2.57. The second-order valence-electron chi connectivity index (χ2n) is 5.18. The van der Waals surface area contributed by atoms with E-state index in [4.69, 9.17) is 10.5 Å². The van der Waals surface area contributed by atoms with Crippen LogP contribution in [0.4, 0.5) is 4.79 Å². The van der Waals surface area contributed by atoms with E-state index in [-0.39, 0.29) is 12.5 Å². The summed E-state index contributed by atoms with van der Waals surface area (Å²) in [6, 6.07) is -0.394. The van der Waals surface area contributed by atoms with Crippen LogP contribution < -0.4 is 5.73 Å². The molecule has 17 heavy (non-hydrogen) atoms. The third-order valence-corrected chi connectivity index (χ3v) is 2.52. The first-order valence-electron chi connectivity index (χ1n) is 5.56. The van der Waals surface area contributed by atoms with Gasteiger partial charge in [-0.3, -0.25) is 4.79 Å². The zero-order chi connectivity index (χ0) is 13.2. The predicted octanol–water partition coefficient (Wildman–Crippen LogP) is 0.354. The van der Waals surface area contributed by atoms with E-state index in [0.717, 1.165) is 0 Å². The van der Waals surface area contributed by atoms with Crippen LogP contribution in [0.2, 0.25) is 0 Å². The number of esters is 1. The van der Waals surface area contributed by atoms with Crippen LogP contribution in [0.15, 0.2) is 0 Å². The van der Waals surface area contributed by atoms with Crippen LogP contribution in [-0.4, -0.2) is 48.8 Å². The molecule has 0 bridgehead atoms. The molecule has 2 N–H and O–H groups in total. The average molecular weight is 244 g/mol. The molecule has 1 saturated heterocycles. The lowest BCUT2D eigenvalue weighted by Crippen LogP contribution is -2.36. The molecule has 98 valence electrons. The monoisotopic (exact) mass is 244 g/mol. The molecule has 1 fully saturated rings. The number of rotatable bonds is 1. The fourth-order valence-corrected chi connectivity index (χ4v) is 1.71. The standard InChI is InChI=1S/C11H20N2O4/c1-11(2,3)17-10(15)13-5-7(8(12)6-13)9(14)16-4/h7-8H,5-6,12H2,1-4H3/t7?,8-/m1/s1. The Bertz CT molecular complexity index is 311. The minimum absolute atomic E-state index is 0.253. The molecule has 6 nitrogen and oxygen atoms in total. The Hall–Kier alpha value is -1.30. The molecule has 1 amide bonds. The Balaban J connectivity index is 2.60. The van der Waals surface area contributed by atoms with Crippen molar-refractivity contribution in [2.45, 2.75) is 32.4 Å². The number of hydrogen-bond donors (Lipinski definition) is 1. The molecule has 0 aromatic rings. The van der Waals surface area contributed by atoms with Gasteiger partial charge >= 0.3 is 12.1 Å². The molecule has 1 rings (SSSR count). The van der Waals surface area contributed by atoms with Crippen LogP contribution in [0.5, 0.6) is 0 Å². The third kappa shape index (κ3) is 3.59. The number of methoxy groups -OCH3 is 1. The first-order valence-corrected chi connectivity index (χ1v) is 5.56. The number of likely N-dealkylation sites (tertiary alicyclic amines) is 1. The summed E-state index contributed by atoms with van der Waals surface area (Å²) in [5.74, 6) is -0.851. The first-order chi connectivity index (χ1) is 7.74. The number of carbonyl (C=O) groups is 2. The minimum Gasteiger partial charge on any atom is -0.469 e. The van der Waals surface area contributed by atoms with Crippen LogP contribution in [0.25, 0.3) is 0 Å². The molecule has 0 aromatic heterocycles. The summed E-state index contributed by atoms with van der Waals surface area (Å²) in [4.78, 5) is 24.6. The van der Waals surface area contributed by atoms with Crippen molar-refractivity contribution in [3.05, 3.63) is 0 Å². The highest BCUT2D eigenvalue weighted by Gasteiger charge is 2.39. The van der Waals surface area contributed by atoms with Gasteiger partial charge in [0.05, 0.1) is 13.0 Å². The van der Waals surface area contributed by atoms with E-state index in [0.29, 0.717) is 6.54 Å². The van der Waals surface area contributed by atoms with E-state index >= 15 is 0 Å². The maximum atomic E-state index is 11.8. The highest BCUT2D eigenvalue weighted by molar-refractivity contribution is 5.76. The van der Waals surface area contributed by atoms with Gasteiger partial charge in [-0.2, -0.15) is 0 Å². The highest BCUT2D eigenvalue weighted by atomic mass is 16.6. The van der Waals surface area contributed by atoms with Crippen molar-refractivity contribution in [1.29, 1.82) is 0 Å². The van der Waals surface area contributed by atoms with Crippen LogP contribution in [0.3, 0.4) is 0 Å². The zero-order valence-corrected chi connectivity index (χ0v) is 10.7. The molecule has 1 unspecified atom stereocenters. The normalized spacial score (nSPS) is 24.6. The van der Waals surface area contributed by atoms with Gasteiger partial charge in [-0.25, -0.2) is 4.79 Å². The Kier molecular flexibility index (Phi) is 3.98. The fraction of sp³-hybridized carbons (Fsp3) is 0.818. The smallest absolute Gasteiger partial charge is 0.410 e. The van der Waals surface area contributed by atoms with Crippen LogP contribution >= 0.6 is 0 Å². The van der Waals surface area contributed by atoms with Crippen molar-refractivity contribution in [2.24, 2.45) is 11.7 Å². The lowest BCUT2D eigenvalue weighted by atomic mass is 10.1. The number of hydrogen-bond acceptors (Lipinski definition) is 5. The molecule has 0 aliphatic carbocycles. The van der Waals surface area contributed by atoms with Gasteiger partial charge in [0, 0.05) is 19.1 Å². The highest BCUT2D eigenvalue weighted by Crippen LogP contribution is 2.19.